The zero-order chi connectivity index (χ0) is 18.7. The van der Waals surface area contributed by atoms with Crippen LogP contribution in [0.2, 0.25) is 0 Å². The summed E-state index contributed by atoms with van der Waals surface area (Å²) in [5.41, 5.74) is 3.05. The topological polar surface area (TPSA) is 12.4 Å². The van der Waals surface area contributed by atoms with Crippen LogP contribution in [0.25, 0.3) is 4.91 Å². The van der Waals surface area contributed by atoms with Gasteiger partial charge in [0.15, 0.2) is 0 Å². The zero-order valence-corrected chi connectivity index (χ0v) is 15.9. The molecular weight excluding hydrogens is 353 g/mol. The van der Waals surface area contributed by atoms with E-state index in [2.05, 4.69) is 37.3 Å². The number of halogens is 1. The maximum Gasteiger partial charge on any atom is 0.123 e. The molecule has 3 aromatic carbocycles. The van der Waals surface area contributed by atoms with Crippen molar-refractivity contribution in [1.82, 2.24) is 0 Å². The summed E-state index contributed by atoms with van der Waals surface area (Å²) in [7, 11) is 0. The first-order chi connectivity index (χ1) is 13.1. The normalized spacial score (nSPS) is 20.7. The van der Waals surface area contributed by atoms with Gasteiger partial charge in [-0.2, -0.15) is 0 Å². The van der Waals surface area contributed by atoms with E-state index in [1.165, 1.54) is 28.2 Å². The van der Waals surface area contributed by atoms with Crippen LogP contribution in [0.3, 0.4) is 0 Å². The molecule has 134 valence electrons. The van der Waals surface area contributed by atoms with Gasteiger partial charge in [0.1, 0.15) is 5.82 Å². The smallest absolute Gasteiger partial charge is 0.123 e. The van der Waals surface area contributed by atoms with Gasteiger partial charge < -0.3 is 0 Å². The monoisotopic (exact) mass is 373 g/mol. The summed E-state index contributed by atoms with van der Waals surface area (Å²) in [6.07, 6.45) is 2.25. The van der Waals surface area contributed by atoms with Crippen LogP contribution in [0.4, 0.5) is 4.39 Å². The highest BCUT2D eigenvalue weighted by atomic mass is 32.2. The Balaban J connectivity index is 1.74. The minimum atomic E-state index is -0.363. The van der Waals surface area contributed by atoms with E-state index in [1.54, 1.807) is 11.8 Å². The summed E-state index contributed by atoms with van der Waals surface area (Å²) < 4.78 is 13.5. The van der Waals surface area contributed by atoms with Crippen molar-refractivity contribution in [2.45, 2.75) is 18.9 Å². The van der Waals surface area contributed by atoms with Gasteiger partial charge >= 0.3 is 0 Å². The van der Waals surface area contributed by atoms with Crippen molar-refractivity contribution < 1.29 is 4.39 Å². The van der Waals surface area contributed by atoms with Crippen LogP contribution >= 0.6 is 11.8 Å². The summed E-state index contributed by atoms with van der Waals surface area (Å²) in [6, 6.07) is 27.4. The van der Waals surface area contributed by atoms with E-state index in [9.17, 15) is 4.39 Å². The predicted molar refractivity (Wildman–Crippen MR) is 113 cm³/mol. The summed E-state index contributed by atoms with van der Waals surface area (Å²) in [5, 5.41) is 1.04. The minimum Gasteiger partial charge on any atom is -0.277 e. The lowest BCUT2D eigenvalue weighted by atomic mass is 9.82. The Bertz CT molecular complexity index is 978. The van der Waals surface area contributed by atoms with Crippen molar-refractivity contribution in [2.24, 2.45) is 4.99 Å². The van der Waals surface area contributed by atoms with Crippen molar-refractivity contribution in [2.75, 3.05) is 0 Å². The zero-order valence-electron chi connectivity index (χ0n) is 15.1. The molecule has 4 rings (SSSR count). The van der Waals surface area contributed by atoms with Crippen LogP contribution in [0.5, 0.6) is 0 Å². The summed E-state index contributed by atoms with van der Waals surface area (Å²) in [6.45, 7) is 2.79. The molecule has 3 heteroatoms. The second-order valence-corrected chi connectivity index (χ2v) is 7.82. The van der Waals surface area contributed by atoms with Gasteiger partial charge in [0.05, 0.1) is 17.0 Å². The maximum atomic E-state index is 13.5. The fourth-order valence-corrected chi connectivity index (χ4v) is 4.53. The summed E-state index contributed by atoms with van der Waals surface area (Å²) in [4.78, 5) is 6.14. The Hall–Kier alpha value is -2.65. The van der Waals surface area contributed by atoms with Gasteiger partial charge in [0.2, 0.25) is 0 Å². The van der Waals surface area contributed by atoms with Crippen LogP contribution in [-0.4, -0.2) is 5.04 Å². The molecule has 1 heterocycles. The molecule has 0 N–H and O–H groups in total. The summed E-state index contributed by atoms with van der Waals surface area (Å²) in [5.74, 6) is -0.219. The molecule has 0 fully saturated rings. The molecule has 1 aliphatic rings. The van der Waals surface area contributed by atoms with Crippen LogP contribution < -0.4 is 0 Å². The van der Waals surface area contributed by atoms with Crippen molar-refractivity contribution in [3.63, 3.8) is 0 Å². The fraction of sp³-hybridized carbons (Fsp3) is 0.125. The van der Waals surface area contributed by atoms with Gasteiger partial charge in [0.25, 0.3) is 0 Å². The van der Waals surface area contributed by atoms with E-state index in [1.807, 2.05) is 48.5 Å². The Morgan fingerprint density at radius 3 is 2.15 bits per heavy atom. The van der Waals surface area contributed by atoms with E-state index in [-0.39, 0.29) is 11.2 Å². The van der Waals surface area contributed by atoms with Crippen LogP contribution in [0.1, 0.15) is 23.6 Å². The Morgan fingerprint density at radius 1 is 0.852 bits per heavy atom. The van der Waals surface area contributed by atoms with Crippen LogP contribution in [0, 0.1) is 5.82 Å². The average molecular weight is 373 g/mol. The number of benzene rings is 3. The molecule has 3 aromatic rings. The first kappa shape index (κ1) is 17.7. The molecule has 0 amide bonds. The average Bonchev–Trinajstić information content (AvgIpc) is 3.06. The fourth-order valence-electron chi connectivity index (χ4n) is 3.25. The number of nitrogens with zero attached hydrogens (tertiary/aromatic N) is 1. The molecule has 0 radical (unpaired) electrons. The summed E-state index contributed by atoms with van der Waals surface area (Å²) >= 11 is 1.71. The molecule has 0 aliphatic carbocycles. The number of hydrogen-bond donors (Lipinski definition) is 0. The number of hydrogen-bond acceptors (Lipinski definition) is 2. The molecule has 0 spiro atoms. The van der Waals surface area contributed by atoms with Gasteiger partial charge in [-0.15, -0.1) is 0 Å². The van der Waals surface area contributed by atoms with Gasteiger partial charge in [0, 0.05) is 4.91 Å². The second-order valence-electron chi connectivity index (χ2n) is 6.79. The standard InChI is InChI=1S/C24H20FNS/c1-24(20-12-14-21(25)15-13-20)16-22(19-10-6-3-7-11-19)27-23(24)26-17-18-8-4-2-5-9-18/h2-16H,17H2,1H3. The molecule has 0 aromatic heterocycles. The number of allylic oxidation sites excluding steroid dienone is 1. The molecular formula is C24H20FNS. The van der Waals surface area contributed by atoms with Crippen molar-refractivity contribution in [3.05, 3.63) is 114 Å². The van der Waals surface area contributed by atoms with E-state index >= 15 is 0 Å². The second kappa shape index (κ2) is 7.53. The molecule has 1 atom stereocenters. The Morgan fingerprint density at radius 2 is 1.48 bits per heavy atom. The van der Waals surface area contributed by atoms with Gasteiger partial charge in [-0.05, 0) is 35.7 Å². The molecule has 27 heavy (non-hydrogen) atoms. The quantitative estimate of drug-likeness (QED) is 0.510. The maximum absolute atomic E-state index is 13.5. The highest BCUT2D eigenvalue weighted by Gasteiger charge is 2.37. The van der Waals surface area contributed by atoms with Crippen molar-refractivity contribution >= 4 is 21.7 Å². The third-order valence-electron chi connectivity index (χ3n) is 4.82. The minimum absolute atomic E-state index is 0.219. The lowest BCUT2D eigenvalue weighted by Crippen LogP contribution is -2.25. The number of thioether (sulfide) groups is 1. The predicted octanol–water partition coefficient (Wildman–Crippen LogP) is 6.47. The van der Waals surface area contributed by atoms with E-state index in [0.29, 0.717) is 6.54 Å². The van der Waals surface area contributed by atoms with Crippen molar-refractivity contribution in [3.8, 4) is 0 Å². The molecule has 1 aliphatic heterocycles. The van der Waals surface area contributed by atoms with Crippen LogP contribution in [-0.2, 0) is 12.0 Å². The molecule has 1 unspecified atom stereocenters. The highest BCUT2D eigenvalue weighted by Crippen LogP contribution is 2.47. The lowest BCUT2D eigenvalue weighted by Gasteiger charge is -2.23. The SMILES string of the molecule is CC1(c2ccc(F)cc2)C=C(c2ccccc2)SC1=NCc1ccccc1. The first-order valence-corrected chi connectivity index (χ1v) is 9.78. The number of aliphatic imine (C=N–C) groups is 1. The highest BCUT2D eigenvalue weighted by molar-refractivity contribution is 8.22. The first-order valence-electron chi connectivity index (χ1n) is 8.96. The van der Waals surface area contributed by atoms with E-state index in [0.717, 1.165) is 10.6 Å². The Labute approximate surface area is 163 Å². The third-order valence-corrected chi connectivity index (χ3v) is 6.14. The molecule has 0 saturated heterocycles. The third kappa shape index (κ3) is 3.74. The van der Waals surface area contributed by atoms with Crippen LogP contribution in [0.15, 0.2) is 96.0 Å². The Kier molecular flexibility index (Phi) is 4.95. The van der Waals surface area contributed by atoms with E-state index < -0.39 is 0 Å². The van der Waals surface area contributed by atoms with E-state index in [4.69, 9.17) is 4.99 Å². The van der Waals surface area contributed by atoms with Gasteiger partial charge in [-0.1, -0.05) is 90.6 Å². The lowest BCUT2D eigenvalue weighted by molar-refractivity contribution is 0.626. The molecule has 0 saturated carbocycles. The van der Waals surface area contributed by atoms with Crippen molar-refractivity contribution in [1.29, 1.82) is 0 Å². The molecule has 0 bridgehead atoms. The van der Waals surface area contributed by atoms with Gasteiger partial charge in [-0.25, -0.2) is 4.39 Å². The molecule has 1 nitrogen and oxygen atoms in total. The largest absolute Gasteiger partial charge is 0.277 e. The van der Waals surface area contributed by atoms with Gasteiger partial charge in [-0.3, -0.25) is 4.99 Å². The number of rotatable bonds is 4.